The second-order valence-electron chi connectivity index (χ2n) is 3.60. The average Bonchev–Trinajstić information content (AvgIpc) is 2.20. The Balaban J connectivity index is 2.74. The van der Waals surface area contributed by atoms with Gasteiger partial charge in [-0.15, -0.1) is 0 Å². The van der Waals surface area contributed by atoms with Crippen LogP contribution in [0.25, 0.3) is 6.08 Å². The predicted octanol–water partition coefficient (Wildman–Crippen LogP) is 2.95. The number of Topliss-reactive ketones (excluding diaryl/α,β-unsaturated/α-hetero) is 1. The number of carbonyl (C=O) groups excluding carboxylic acids is 1. The first-order valence-electron chi connectivity index (χ1n) is 5.08. The number of ketones is 1. The van der Waals surface area contributed by atoms with Crippen LogP contribution in [0, 0.1) is 0 Å². The molecule has 1 N–H and O–H groups in total. The van der Waals surface area contributed by atoms with Gasteiger partial charge in [-0.2, -0.15) is 0 Å². The molecule has 1 aromatic carbocycles. The SMILES string of the molecule is C=Cc1cccc(O)c1CCCC(C)=O. The van der Waals surface area contributed by atoms with Gasteiger partial charge in [0.2, 0.25) is 0 Å². The molecule has 0 aliphatic carbocycles. The van der Waals surface area contributed by atoms with Gasteiger partial charge < -0.3 is 9.90 Å². The molecule has 80 valence electrons. The fourth-order valence-corrected chi connectivity index (χ4v) is 1.57. The smallest absolute Gasteiger partial charge is 0.129 e. The lowest BCUT2D eigenvalue weighted by Gasteiger charge is -2.07. The Hall–Kier alpha value is -1.57. The minimum absolute atomic E-state index is 0.186. The summed E-state index contributed by atoms with van der Waals surface area (Å²) >= 11 is 0. The van der Waals surface area contributed by atoms with Gasteiger partial charge in [0.25, 0.3) is 0 Å². The monoisotopic (exact) mass is 204 g/mol. The Labute approximate surface area is 90.3 Å². The largest absolute Gasteiger partial charge is 0.508 e. The fraction of sp³-hybridized carbons (Fsp3) is 0.308. The first-order chi connectivity index (χ1) is 7.15. The molecular formula is C13H16O2. The molecule has 0 aliphatic rings. The third-order valence-electron chi connectivity index (χ3n) is 2.36. The standard InChI is InChI=1S/C13H16O2/c1-3-11-7-5-9-13(15)12(11)8-4-6-10(2)14/h3,5,7,9,15H,1,4,6,8H2,2H3. The molecule has 0 heterocycles. The van der Waals surface area contributed by atoms with E-state index >= 15 is 0 Å². The molecule has 0 radical (unpaired) electrons. The van der Waals surface area contributed by atoms with Crippen LogP contribution in [0.1, 0.15) is 30.9 Å². The Morgan fingerprint density at radius 2 is 2.27 bits per heavy atom. The van der Waals surface area contributed by atoms with Gasteiger partial charge in [-0.25, -0.2) is 0 Å². The molecule has 0 aliphatic heterocycles. The highest BCUT2D eigenvalue weighted by molar-refractivity contribution is 5.75. The number of benzene rings is 1. The fourth-order valence-electron chi connectivity index (χ4n) is 1.57. The summed E-state index contributed by atoms with van der Waals surface area (Å²) in [5.74, 6) is 0.474. The number of hydrogen-bond acceptors (Lipinski definition) is 2. The molecule has 2 heteroatoms. The van der Waals surface area contributed by atoms with Crippen molar-refractivity contribution in [2.75, 3.05) is 0 Å². The quantitative estimate of drug-likeness (QED) is 0.800. The van der Waals surface area contributed by atoms with Crippen molar-refractivity contribution in [3.05, 3.63) is 35.9 Å². The zero-order valence-corrected chi connectivity index (χ0v) is 8.99. The van der Waals surface area contributed by atoms with Gasteiger partial charge in [-0.3, -0.25) is 0 Å². The van der Waals surface area contributed by atoms with Crippen LogP contribution in [0.5, 0.6) is 5.75 Å². The van der Waals surface area contributed by atoms with Crippen molar-refractivity contribution < 1.29 is 9.90 Å². The van der Waals surface area contributed by atoms with E-state index in [-0.39, 0.29) is 11.5 Å². The van der Waals surface area contributed by atoms with Crippen molar-refractivity contribution in [2.45, 2.75) is 26.2 Å². The molecule has 0 unspecified atom stereocenters. The zero-order chi connectivity index (χ0) is 11.3. The Morgan fingerprint density at radius 1 is 1.53 bits per heavy atom. The van der Waals surface area contributed by atoms with Crippen LogP contribution < -0.4 is 0 Å². The second-order valence-corrected chi connectivity index (χ2v) is 3.60. The minimum Gasteiger partial charge on any atom is -0.508 e. The van der Waals surface area contributed by atoms with Gasteiger partial charge in [0.05, 0.1) is 0 Å². The van der Waals surface area contributed by atoms with E-state index in [0.29, 0.717) is 12.8 Å². The van der Waals surface area contributed by atoms with Gasteiger partial charge in [0.1, 0.15) is 11.5 Å². The van der Waals surface area contributed by atoms with Crippen LogP contribution in [-0.2, 0) is 11.2 Å². The average molecular weight is 204 g/mol. The maximum Gasteiger partial charge on any atom is 0.129 e. The maximum atomic E-state index is 10.8. The molecule has 0 saturated carbocycles. The van der Waals surface area contributed by atoms with Gasteiger partial charge in [0.15, 0.2) is 0 Å². The lowest BCUT2D eigenvalue weighted by Crippen LogP contribution is -1.95. The Kier molecular flexibility index (Phi) is 4.10. The van der Waals surface area contributed by atoms with Crippen LogP contribution >= 0.6 is 0 Å². The number of rotatable bonds is 5. The van der Waals surface area contributed by atoms with E-state index in [1.54, 1.807) is 25.1 Å². The molecule has 1 rings (SSSR count). The number of phenolic OH excluding ortho intramolecular Hbond substituents is 1. The summed E-state index contributed by atoms with van der Waals surface area (Å²) in [5, 5.41) is 9.65. The normalized spacial score (nSPS) is 9.93. The molecule has 0 bridgehead atoms. The summed E-state index contributed by atoms with van der Waals surface area (Å²) in [6, 6.07) is 5.37. The van der Waals surface area contributed by atoms with Crippen LogP contribution in [0.4, 0.5) is 0 Å². The molecule has 0 spiro atoms. The van der Waals surface area contributed by atoms with E-state index in [0.717, 1.165) is 17.5 Å². The molecule has 0 atom stereocenters. The number of aromatic hydroxyl groups is 1. The summed E-state index contributed by atoms with van der Waals surface area (Å²) in [5.41, 5.74) is 1.83. The molecule has 0 amide bonds. The van der Waals surface area contributed by atoms with E-state index in [1.165, 1.54) is 0 Å². The number of phenols is 1. The van der Waals surface area contributed by atoms with Crippen LogP contribution in [-0.4, -0.2) is 10.9 Å². The highest BCUT2D eigenvalue weighted by Gasteiger charge is 2.05. The van der Waals surface area contributed by atoms with Gasteiger partial charge in [-0.1, -0.05) is 24.8 Å². The van der Waals surface area contributed by atoms with Crippen molar-refractivity contribution in [2.24, 2.45) is 0 Å². The highest BCUT2D eigenvalue weighted by atomic mass is 16.3. The van der Waals surface area contributed by atoms with Crippen LogP contribution in [0.2, 0.25) is 0 Å². The van der Waals surface area contributed by atoms with Crippen LogP contribution in [0.3, 0.4) is 0 Å². The lowest BCUT2D eigenvalue weighted by molar-refractivity contribution is -0.117. The summed E-state index contributed by atoms with van der Waals surface area (Å²) < 4.78 is 0. The van der Waals surface area contributed by atoms with E-state index in [9.17, 15) is 9.90 Å². The Bertz CT molecular complexity index is 367. The zero-order valence-electron chi connectivity index (χ0n) is 8.99. The summed E-state index contributed by atoms with van der Waals surface area (Å²) in [7, 11) is 0. The molecule has 1 aromatic rings. The third kappa shape index (κ3) is 3.24. The summed E-state index contributed by atoms with van der Waals surface area (Å²) in [6.45, 7) is 5.28. The molecule has 0 saturated heterocycles. The minimum atomic E-state index is 0.186. The first-order valence-corrected chi connectivity index (χ1v) is 5.08. The number of hydrogen-bond donors (Lipinski definition) is 1. The summed E-state index contributed by atoms with van der Waals surface area (Å²) in [6.07, 6.45) is 3.77. The van der Waals surface area contributed by atoms with Gasteiger partial charge in [0, 0.05) is 12.0 Å². The Morgan fingerprint density at radius 3 is 2.87 bits per heavy atom. The summed E-state index contributed by atoms with van der Waals surface area (Å²) in [4.78, 5) is 10.8. The van der Waals surface area contributed by atoms with Crippen molar-refractivity contribution >= 4 is 11.9 Å². The van der Waals surface area contributed by atoms with Crippen LogP contribution in [0.15, 0.2) is 24.8 Å². The predicted molar refractivity (Wildman–Crippen MR) is 61.8 cm³/mol. The maximum absolute atomic E-state index is 10.8. The molecule has 0 aromatic heterocycles. The molecular weight excluding hydrogens is 188 g/mol. The molecule has 15 heavy (non-hydrogen) atoms. The van der Waals surface area contributed by atoms with Crippen molar-refractivity contribution in [1.82, 2.24) is 0 Å². The lowest BCUT2D eigenvalue weighted by atomic mass is 10.00. The van der Waals surface area contributed by atoms with E-state index < -0.39 is 0 Å². The van der Waals surface area contributed by atoms with Crippen molar-refractivity contribution in [3.8, 4) is 5.75 Å². The van der Waals surface area contributed by atoms with Crippen molar-refractivity contribution in [1.29, 1.82) is 0 Å². The third-order valence-corrected chi connectivity index (χ3v) is 2.36. The molecule has 2 nitrogen and oxygen atoms in total. The topological polar surface area (TPSA) is 37.3 Å². The first kappa shape index (κ1) is 11.5. The van der Waals surface area contributed by atoms with Gasteiger partial charge >= 0.3 is 0 Å². The number of carbonyl (C=O) groups is 1. The van der Waals surface area contributed by atoms with Crippen molar-refractivity contribution in [3.63, 3.8) is 0 Å². The van der Waals surface area contributed by atoms with E-state index in [2.05, 4.69) is 6.58 Å². The highest BCUT2D eigenvalue weighted by Crippen LogP contribution is 2.23. The van der Waals surface area contributed by atoms with E-state index in [4.69, 9.17) is 0 Å². The van der Waals surface area contributed by atoms with E-state index in [1.807, 2.05) is 6.07 Å². The molecule has 0 fully saturated rings. The van der Waals surface area contributed by atoms with Gasteiger partial charge in [-0.05, 0) is 31.4 Å². The second kappa shape index (κ2) is 5.35.